The van der Waals surface area contributed by atoms with Gasteiger partial charge in [-0.15, -0.1) is 0 Å². The zero-order valence-corrected chi connectivity index (χ0v) is 12.0. The minimum absolute atomic E-state index is 0.499. The lowest BCUT2D eigenvalue weighted by atomic mass is 9.98. The van der Waals surface area contributed by atoms with Crippen LogP contribution in [0.25, 0.3) is 0 Å². The average Bonchev–Trinajstić information content (AvgIpc) is 3.14. The zero-order chi connectivity index (χ0) is 13.0. The fourth-order valence-electron chi connectivity index (χ4n) is 2.56. The van der Waals surface area contributed by atoms with E-state index in [9.17, 15) is 0 Å². The van der Waals surface area contributed by atoms with Gasteiger partial charge in [-0.25, -0.2) is 0 Å². The molecule has 1 saturated carbocycles. The lowest BCUT2D eigenvalue weighted by Crippen LogP contribution is -2.23. The maximum absolute atomic E-state index is 4.61. The van der Waals surface area contributed by atoms with Crippen LogP contribution < -0.4 is 5.32 Å². The number of hydrogen-bond donors (Lipinski definition) is 1. The molecule has 1 aromatic rings. The Bertz CT molecular complexity index is 383. The highest BCUT2D eigenvalue weighted by Gasteiger charge is 2.23. The van der Waals surface area contributed by atoms with Crippen molar-refractivity contribution in [1.82, 2.24) is 10.3 Å². The van der Waals surface area contributed by atoms with Gasteiger partial charge >= 0.3 is 0 Å². The van der Waals surface area contributed by atoms with Crippen molar-refractivity contribution in [2.45, 2.75) is 58.9 Å². The van der Waals surface area contributed by atoms with Crippen molar-refractivity contribution in [3.05, 3.63) is 29.1 Å². The lowest BCUT2D eigenvalue weighted by Gasteiger charge is -2.20. The standard InChI is InChI=1S/C16H26N2/c1-4-11-17-16(10-8-14-6-7-14)15-9-5-12(2)18-13(15)3/h5,9,14,16-17H,4,6-8,10-11H2,1-3H3. The van der Waals surface area contributed by atoms with Gasteiger partial charge in [0.25, 0.3) is 0 Å². The summed E-state index contributed by atoms with van der Waals surface area (Å²) in [5.74, 6) is 1.01. The molecule has 0 amide bonds. The van der Waals surface area contributed by atoms with Gasteiger partial charge in [0.15, 0.2) is 0 Å². The van der Waals surface area contributed by atoms with Crippen molar-refractivity contribution in [2.75, 3.05) is 6.54 Å². The molecule has 1 N–H and O–H groups in total. The summed E-state index contributed by atoms with van der Waals surface area (Å²) in [7, 11) is 0. The van der Waals surface area contributed by atoms with Crippen LogP contribution in [0.1, 0.15) is 62.0 Å². The number of rotatable bonds is 7. The number of pyridine rings is 1. The largest absolute Gasteiger partial charge is 0.310 e. The molecule has 0 radical (unpaired) electrons. The van der Waals surface area contributed by atoms with E-state index in [0.717, 1.165) is 18.2 Å². The minimum Gasteiger partial charge on any atom is -0.310 e. The molecule has 2 nitrogen and oxygen atoms in total. The number of aromatic nitrogens is 1. The molecular formula is C16H26N2. The topological polar surface area (TPSA) is 24.9 Å². The predicted octanol–water partition coefficient (Wildman–Crippen LogP) is 3.93. The minimum atomic E-state index is 0.499. The van der Waals surface area contributed by atoms with E-state index in [2.05, 4.69) is 43.2 Å². The Hall–Kier alpha value is -0.890. The molecule has 18 heavy (non-hydrogen) atoms. The van der Waals surface area contributed by atoms with Gasteiger partial charge in [0.2, 0.25) is 0 Å². The molecule has 0 aliphatic heterocycles. The molecule has 1 aromatic heterocycles. The maximum atomic E-state index is 4.61. The van der Waals surface area contributed by atoms with Crippen LogP contribution in [0.15, 0.2) is 12.1 Å². The summed E-state index contributed by atoms with van der Waals surface area (Å²) in [6.07, 6.45) is 6.72. The van der Waals surface area contributed by atoms with Crippen molar-refractivity contribution >= 4 is 0 Å². The van der Waals surface area contributed by atoms with E-state index in [4.69, 9.17) is 0 Å². The highest BCUT2D eigenvalue weighted by molar-refractivity contribution is 5.25. The van der Waals surface area contributed by atoms with Crippen molar-refractivity contribution < 1.29 is 0 Å². The first-order valence-corrected chi connectivity index (χ1v) is 7.38. The van der Waals surface area contributed by atoms with E-state index in [1.54, 1.807) is 0 Å². The first kappa shape index (κ1) is 13.5. The molecule has 2 heteroatoms. The Kier molecular flexibility index (Phi) is 4.76. The summed E-state index contributed by atoms with van der Waals surface area (Å²) in [4.78, 5) is 4.61. The van der Waals surface area contributed by atoms with Crippen LogP contribution in [-0.2, 0) is 0 Å². The SMILES string of the molecule is CCCNC(CCC1CC1)c1ccc(C)nc1C. The molecule has 0 aromatic carbocycles. The Balaban J connectivity index is 2.04. The first-order chi connectivity index (χ1) is 8.70. The Morgan fingerprint density at radius 2 is 2.11 bits per heavy atom. The lowest BCUT2D eigenvalue weighted by molar-refractivity contribution is 0.467. The van der Waals surface area contributed by atoms with Gasteiger partial charge in [-0.1, -0.05) is 25.8 Å². The number of nitrogens with one attached hydrogen (secondary N) is 1. The fraction of sp³-hybridized carbons (Fsp3) is 0.688. The molecule has 0 bridgehead atoms. The van der Waals surface area contributed by atoms with Gasteiger partial charge in [0.1, 0.15) is 0 Å². The van der Waals surface area contributed by atoms with E-state index in [-0.39, 0.29) is 0 Å². The molecule has 0 spiro atoms. The van der Waals surface area contributed by atoms with Gasteiger partial charge in [0, 0.05) is 17.4 Å². The average molecular weight is 246 g/mol. The van der Waals surface area contributed by atoms with Crippen molar-refractivity contribution in [3.8, 4) is 0 Å². The van der Waals surface area contributed by atoms with E-state index in [1.807, 2.05) is 0 Å². The summed E-state index contributed by atoms with van der Waals surface area (Å²) in [6, 6.07) is 4.90. The number of nitrogens with zero attached hydrogens (tertiary/aromatic N) is 1. The van der Waals surface area contributed by atoms with E-state index in [0.29, 0.717) is 6.04 Å². The zero-order valence-electron chi connectivity index (χ0n) is 12.0. The molecule has 2 rings (SSSR count). The van der Waals surface area contributed by atoms with Crippen molar-refractivity contribution in [1.29, 1.82) is 0 Å². The van der Waals surface area contributed by atoms with Crippen LogP contribution >= 0.6 is 0 Å². The summed E-state index contributed by atoms with van der Waals surface area (Å²) in [5.41, 5.74) is 3.71. The van der Waals surface area contributed by atoms with Gasteiger partial charge in [-0.3, -0.25) is 4.98 Å². The van der Waals surface area contributed by atoms with Gasteiger partial charge in [-0.2, -0.15) is 0 Å². The molecular weight excluding hydrogens is 220 g/mol. The molecule has 1 heterocycles. The van der Waals surface area contributed by atoms with Crippen LogP contribution in [0.2, 0.25) is 0 Å². The third-order valence-corrected chi connectivity index (χ3v) is 3.84. The first-order valence-electron chi connectivity index (χ1n) is 7.38. The fourth-order valence-corrected chi connectivity index (χ4v) is 2.56. The van der Waals surface area contributed by atoms with Crippen molar-refractivity contribution in [3.63, 3.8) is 0 Å². The van der Waals surface area contributed by atoms with Crippen LogP contribution in [0, 0.1) is 19.8 Å². The van der Waals surface area contributed by atoms with E-state index in [1.165, 1.54) is 43.4 Å². The number of aryl methyl sites for hydroxylation is 2. The van der Waals surface area contributed by atoms with E-state index >= 15 is 0 Å². The molecule has 1 fully saturated rings. The third kappa shape index (κ3) is 3.81. The summed E-state index contributed by atoms with van der Waals surface area (Å²) in [6.45, 7) is 7.53. The van der Waals surface area contributed by atoms with Crippen molar-refractivity contribution in [2.24, 2.45) is 5.92 Å². The quantitative estimate of drug-likeness (QED) is 0.788. The second kappa shape index (κ2) is 6.33. The molecule has 100 valence electrons. The van der Waals surface area contributed by atoms with Gasteiger partial charge in [-0.05, 0) is 57.2 Å². The normalized spacial score (nSPS) is 16.8. The third-order valence-electron chi connectivity index (χ3n) is 3.84. The van der Waals surface area contributed by atoms with E-state index < -0.39 is 0 Å². The van der Waals surface area contributed by atoms with Crippen LogP contribution in [-0.4, -0.2) is 11.5 Å². The molecule has 1 atom stereocenters. The highest BCUT2D eigenvalue weighted by atomic mass is 14.9. The maximum Gasteiger partial charge on any atom is 0.0423 e. The summed E-state index contributed by atoms with van der Waals surface area (Å²) in [5, 5.41) is 3.69. The Morgan fingerprint density at radius 1 is 1.33 bits per heavy atom. The second-order valence-corrected chi connectivity index (χ2v) is 5.65. The molecule has 1 aliphatic carbocycles. The molecule has 0 saturated heterocycles. The summed E-state index contributed by atoms with van der Waals surface area (Å²) >= 11 is 0. The summed E-state index contributed by atoms with van der Waals surface area (Å²) < 4.78 is 0. The Morgan fingerprint density at radius 3 is 2.72 bits per heavy atom. The molecule has 1 unspecified atom stereocenters. The van der Waals surface area contributed by atoms with Crippen LogP contribution in [0.3, 0.4) is 0 Å². The van der Waals surface area contributed by atoms with Crippen LogP contribution in [0.5, 0.6) is 0 Å². The predicted molar refractivity (Wildman–Crippen MR) is 76.7 cm³/mol. The molecule has 1 aliphatic rings. The van der Waals surface area contributed by atoms with Gasteiger partial charge in [0.05, 0.1) is 0 Å². The monoisotopic (exact) mass is 246 g/mol. The van der Waals surface area contributed by atoms with Crippen LogP contribution in [0.4, 0.5) is 0 Å². The second-order valence-electron chi connectivity index (χ2n) is 5.65. The number of hydrogen-bond acceptors (Lipinski definition) is 2. The smallest absolute Gasteiger partial charge is 0.0423 e. The highest BCUT2D eigenvalue weighted by Crippen LogP contribution is 2.36. The Labute approximate surface area is 111 Å². The van der Waals surface area contributed by atoms with Gasteiger partial charge < -0.3 is 5.32 Å².